The lowest BCUT2D eigenvalue weighted by atomic mass is 10.00. The van der Waals surface area contributed by atoms with E-state index in [-0.39, 0.29) is 28.3 Å². The third-order valence-electron chi connectivity index (χ3n) is 14.5. The van der Waals surface area contributed by atoms with Gasteiger partial charge >= 0.3 is 0 Å². The van der Waals surface area contributed by atoms with Crippen LogP contribution in [-0.4, -0.2) is 136 Å². The van der Waals surface area contributed by atoms with Crippen molar-refractivity contribution < 1.29 is 29.4 Å². The average Bonchev–Trinajstić information content (AvgIpc) is 4.12. The van der Waals surface area contributed by atoms with Gasteiger partial charge in [-0.3, -0.25) is 24.0 Å². The maximum absolute atomic E-state index is 12.6. The van der Waals surface area contributed by atoms with Crippen LogP contribution in [0.1, 0.15) is 87.3 Å². The molecule has 10 rings (SSSR count). The molecule has 434 valence electrons. The van der Waals surface area contributed by atoms with Crippen LogP contribution in [0, 0.1) is 0 Å². The molecular weight excluding hydrogens is 1040 g/mol. The van der Waals surface area contributed by atoms with Crippen LogP contribution in [0.4, 0.5) is 11.4 Å². The van der Waals surface area contributed by atoms with Crippen LogP contribution in [0.15, 0.2) is 152 Å². The number of fused-ring (bicyclic) bond motifs is 2. The summed E-state index contributed by atoms with van der Waals surface area (Å²) in [5.74, 6) is 1.09. The number of aryl methyl sites for hydroxylation is 2. The molecule has 0 bridgehead atoms. The summed E-state index contributed by atoms with van der Waals surface area (Å²) in [7, 11) is 8.45. The minimum atomic E-state index is -0.314. The van der Waals surface area contributed by atoms with Crippen molar-refractivity contribution in [2.24, 2.45) is 0 Å². The number of Topliss-reactive ketones (excluding diaryl/α,β-unsaturated/α-hetero) is 2. The molecule has 4 heterocycles. The molecule has 2 amide bonds. The lowest BCUT2D eigenvalue weighted by molar-refractivity contribution is -0.134. The van der Waals surface area contributed by atoms with Crippen molar-refractivity contribution in [3.05, 3.63) is 169 Å². The molecule has 0 atom stereocenters. The smallest absolute Gasteiger partial charge is 0.227 e. The number of anilines is 2. The van der Waals surface area contributed by atoms with E-state index in [1.165, 1.54) is 40.3 Å². The van der Waals surface area contributed by atoms with Crippen LogP contribution in [0.3, 0.4) is 0 Å². The lowest BCUT2D eigenvalue weighted by Gasteiger charge is -2.33. The zero-order valence-electron chi connectivity index (χ0n) is 48.2. The van der Waals surface area contributed by atoms with Gasteiger partial charge in [-0.15, -0.1) is 0 Å². The van der Waals surface area contributed by atoms with Gasteiger partial charge in [-0.1, -0.05) is 97.4 Å². The highest BCUT2D eigenvalue weighted by atomic mass is 35.5. The Kier molecular flexibility index (Phi) is 27.9. The summed E-state index contributed by atoms with van der Waals surface area (Å²) < 4.78 is 4.64. The Labute approximate surface area is 485 Å². The number of carbonyl (C=O) groups excluding carboxylic acids is 5. The molecule has 2 aromatic heterocycles. The second-order valence-corrected chi connectivity index (χ2v) is 22.0. The molecule has 14 nitrogen and oxygen atoms in total. The third kappa shape index (κ3) is 23.5. The van der Waals surface area contributed by atoms with E-state index >= 15 is 0 Å². The summed E-state index contributed by atoms with van der Waals surface area (Å²) in [5.41, 5.74) is 13.4. The summed E-state index contributed by atoms with van der Waals surface area (Å²) in [4.78, 5) is 64.6. The van der Waals surface area contributed by atoms with E-state index in [2.05, 4.69) is 101 Å². The Hall–Kier alpha value is -7.10. The van der Waals surface area contributed by atoms with Crippen molar-refractivity contribution in [1.82, 2.24) is 28.7 Å². The van der Waals surface area contributed by atoms with Crippen molar-refractivity contribution in [1.29, 1.82) is 0 Å². The Morgan fingerprint density at radius 1 is 0.543 bits per heavy atom. The van der Waals surface area contributed by atoms with Gasteiger partial charge in [0, 0.05) is 123 Å². The van der Waals surface area contributed by atoms with Crippen molar-refractivity contribution in [3.8, 4) is 0 Å². The topological polar surface area (TPSA) is 178 Å². The predicted octanol–water partition coefficient (Wildman–Crippen LogP) is 10.5. The number of likely N-dealkylation sites (tertiary alicyclic amines) is 2. The van der Waals surface area contributed by atoms with Gasteiger partial charge < -0.3 is 45.3 Å². The number of nitrogens with zero attached hydrogens (tertiary/aromatic N) is 6. The first-order valence-electron chi connectivity index (χ1n) is 28.6. The number of aromatic nitrogens is 2. The zero-order valence-corrected chi connectivity index (χ0v) is 49.0. The second-order valence-electron chi connectivity index (χ2n) is 21.6. The van der Waals surface area contributed by atoms with Gasteiger partial charge in [0.1, 0.15) is 11.6 Å². The standard InChI is InChI=1S/C26H34N4O.C13H19N3.C13H15NO2.C8H7ClO.C6H10O.H2O/c1-28(2)14-6-15-29-16-11-22-20-24(9-10-25(22)29)27-23-12-17-30(18-13-23)26(31)19-21-7-4-3-5-8-21;1-15(2)7-3-8-16-9-6-11-10-12(14)4-5-13(11)16;15-12-6-8-14(9-7-12)13(16)10-11-4-2-1-3-5-11;9-8(10)6-7-4-2-1-3-5-7;7-6-4-2-1-3-5-6;/h3-5,7-11,16,20,23,27H,6,12-15,17-19H2,1-2H3;4-6,9-10H,3,7-8,14H2,1-2H3;1-5H,6-10H2;1-5H,6H2;1-5H2;1H2. The number of piperidine rings is 2. The van der Waals surface area contributed by atoms with E-state index in [0.29, 0.717) is 57.0 Å². The molecular formula is C66H87ClN8O6. The maximum Gasteiger partial charge on any atom is 0.227 e. The number of hydrogen-bond acceptors (Lipinski definition) is 9. The van der Waals surface area contributed by atoms with Crippen LogP contribution in [0.2, 0.25) is 0 Å². The Morgan fingerprint density at radius 3 is 1.42 bits per heavy atom. The average molecular weight is 1120 g/mol. The molecule has 3 fully saturated rings. The first kappa shape index (κ1) is 64.7. The highest BCUT2D eigenvalue weighted by molar-refractivity contribution is 6.63. The molecule has 0 unspecified atom stereocenters. The highest BCUT2D eigenvalue weighted by Gasteiger charge is 2.23. The molecule has 5 N–H and O–H groups in total. The lowest BCUT2D eigenvalue weighted by Crippen LogP contribution is -2.43. The number of halogens is 1. The minimum absolute atomic E-state index is 0. The Bertz CT molecular complexity index is 2970. The first-order valence-corrected chi connectivity index (χ1v) is 28.9. The van der Waals surface area contributed by atoms with Crippen LogP contribution >= 0.6 is 11.6 Å². The van der Waals surface area contributed by atoms with E-state index in [1.807, 2.05) is 108 Å². The summed E-state index contributed by atoms with van der Waals surface area (Å²) in [6, 6.07) is 46.7. The number of benzene rings is 5. The number of ketones is 2. The van der Waals surface area contributed by atoms with E-state index in [4.69, 9.17) is 17.3 Å². The molecule has 1 aliphatic carbocycles. The van der Waals surface area contributed by atoms with Crippen molar-refractivity contribution in [3.63, 3.8) is 0 Å². The fourth-order valence-corrected chi connectivity index (χ4v) is 10.1. The second kappa shape index (κ2) is 34.9. The van der Waals surface area contributed by atoms with Crippen LogP contribution < -0.4 is 11.1 Å². The molecule has 3 aliphatic rings. The molecule has 0 spiro atoms. The summed E-state index contributed by atoms with van der Waals surface area (Å²) >= 11 is 5.17. The summed E-state index contributed by atoms with van der Waals surface area (Å²) in [6.07, 6.45) is 16.2. The van der Waals surface area contributed by atoms with Crippen LogP contribution in [0.5, 0.6) is 0 Å². The molecule has 7 aromatic rings. The minimum Gasteiger partial charge on any atom is -0.412 e. The quantitative estimate of drug-likeness (QED) is 0.0704. The number of hydrogen-bond donors (Lipinski definition) is 2. The number of nitrogens with one attached hydrogen (secondary N) is 1. The summed E-state index contributed by atoms with van der Waals surface area (Å²) in [5, 5.41) is 5.89. The van der Waals surface area contributed by atoms with E-state index in [9.17, 15) is 24.0 Å². The molecule has 2 saturated heterocycles. The number of amides is 2. The van der Waals surface area contributed by atoms with Gasteiger partial charge in [0.05, 0.1) is 12.8 Å². The normalized spacial score (nSPS) is 14.3. The van der Waals surface area contributed by atoms with Gasteiger partial charge in [0.25, 0.3) is 0 Å². The predicted molar refractivity (Wildman–Crippen MR) is 332 cm³/mol. The largest absolute Gasteiger partial charge is 0.412 e. The fourth-order valence-electron chi connectivity index (χ4n) is 9.99. The molecule has 81 heavy (non-hydrogen) atoms. The van der Waals surface area contributed by atoms with Crippen LogP contribution in [0.25, 0.3) is 21.8 Å². The van der Waals surface area contributed by atoms with Crippen LogP contribution in [-0.2, 0) is 56.3 Å². The highest BCUT2D eigenvalue weighted by Crippen LogP contribution is 2.24. The number of carbonyl (C=O) groups is 5. The summed E-state index contributed by atoms with van der Waals surface area (Å²) in [6.45, 7) is 7.16. The number of nitrogen functional groups attached to an aromatic ring is 1. The van der Waals surface area contributed by atoms with E-state index in [1.54, 1.807) is 4.90 Å². The Balaban J connectivity index is 0.000000204. The van der Waals surface area contributed by atoms with Crippen molar-refractivity contribution in [2.45, 2.75) is 109 Å². The number of rotatable bonds is 16. The fraction of sp³-hybridized carbons (Fsp3) is 0.409. The molecule has 0 radical (unpaired) electrons. The molecule has 15 heteroatoms. The monoisotopic (exact) mass is 1120 g/mol. The third-order valence-corrected chi connectivity index (χ3v) is 14.6. The first-order chi connectivity index (χ1) is 38.7. The van der Waals surface area contributed by atoms with Gasteiger partial charge in [0.2, 0.25) is 17.1 Å². The van der Waals surface area contributed by atoms with Gasteiger partial charge in [-0.2, -0.15) is 0 Å². The van der Waals surface area contributed by atoms with Gasteiger partial charge in [0.15, 0.2) is 0 Å². The van der Waals surface area contributed by atoms with Gasteiger partial charge in [-0.25, -0.2) is 0 Å². The van der Waals surface area contributed by atoms with E-state index < -0.39 is 0 Å². The zero-order chi connectivity index (χ0) is 57.1. The SMILES string of the molecule is CN(C)CCCn1ccc2cc(N)ccc21.CN(C)CCCn1ccc2cc(NC3CCN(C(=O)Cc4ccccc4)CC3)ccc21.O.O=C(Cl)Cc1ccccc1.O=C1CCCCC1.O=C1CCN(C(=O)Cc2ccccc2)CC1. The van der Waals surface area contributed by atoms with E-state index in [0.717, 1.165) is 107 Å². The Morgan fingerprint density at radius 2 is 0.975 bits per heavy atom. The van der Waals surface area contributed by atoms with Gasteiger partial charge in [-0.05, 0) is 157 Å². The van der Waals surface area contributed by atoms with Crippen molar-refractivity contribution >= 4 is 73.4 Å². The number of nitrogens with two attached hydrogens (primary N) is 1. The van der Waals surface area contributed by atoms with Crippen molar-refractivity contribution in [2.75, 3.05) is 78.5 Å². The molecule has 5 aromatic carbocycles. The molecule has 1 saturated carbocycles. The molecule has 2 aliphatic heterocycles. The maximum atomic E-state index is 12.6.